The smallest absolute Gasteiger partial charge is 0.0687 e. The highest BCUT2D eigenvalue weighted by atomic mass is 127. The van der Waals surface area contributed by atoms with Crippen molar-refractivity contribution in [1.82, 2.24) is 0 Å². The number of halogens is 1. The molecule has 1 heteroatoms. The third kappa shape index (κ3) is 2.66. The quantitative estimate of drug-likeness (QED) is 0.491. The lowest BCUT2D eigenvalue weighted by atomic mass is 9.90. The second kappa shape index (κ2) is 5.33. The molecule has 2 aromatic rings. The Bertz CT molecular complexity index is 625. The second-order valence-corrected chi connectivity index (χ2v) is 6.73. The number of hydrogen-bond acceptors (Lipinski definition) is 0. The maximum atomic E-state index is 2.55. The van der Waals surface area contributed by atoms with Crippen molar-refractivity contribution in [2.75, 3.05) is 0 Å². The monoisotopic (exact) mass is 358 g/mol. The molecule has 0 aromatic heterocycles. The van der Waals surface area contributed by atoms with Crippen molar-refractivity contribution >= 4 is 22.6 Å². The highest BCUT2D eigenvalue weighted by molar-refractivity contribution is 14.1. The van der Waals surface area contributed by atoms with Crippen molar-refractivity contribution in [3.63, 3.8) is 0 Å². The Balaban J connectivity index is 2.01. The van der Waals surface area contributed by atoms with Crippen LogP contribution < -0.4 is 0 Å². The molecule has 3 rings (SSSR count). The second-order valence-electron chi connectivity index (χ2n) is 4.80. The molecule has 2 aromatic carbocycles. The first-order valence-electron chi connectivity index (χ1n) is 6.47. The van der Waals surface area contributed by atoms with E-state index in [2.05, 4.69) is 101 Å². The van der Waals surface area contributed by atoms with Gasteiger partial charge in [-0.1, -0.05) is 95.4 Å². The van der Waals surface area contributed by atoms with Gasteiger partial charge in [0.05, 0.1) is 3.42 Å². The van der Waals surface area contributed by atoms with E-state index in [0.29, 0.717) is 0 Å². The average molecular weight is 358 g/mol. The average Bonchev–Trinajstić information content (AvgIpc) is 2.49. The lowest BCUT2D eigenvalue weighted by molar-refractivity contribution is 0.819. The van der Waals surface area contributed by atoms with Crippen LogP contribution in [0.25, 0.3) is 11.1 Å². The van der Waals surface area contributed by atoms with Gasteiger partial charge in [0, 0.05) is 0 Å². The Labute approximate surface area is 128 Å². The summed E-state index contributed by atoms with van der Waals surface area (Å²) in [5.41, 5.74) is 3.94. The van der Waals surface area contributed by atoms with Gasteiger partial charge in [0.25, 0.3) is 0 Å². The molecule has 1 atom stereocenters. The molecular weight excluding hydrogens is 343 g/mol. The Morgan fingerprint density at radius 3 is 2.37 bits per heavy atom. The topological polar surface area (TPSA) is 0 Å². The molecule has 0 saturated carbocycles. The Kier molecular flexibility index (Phi) is 3.56. The first kappa shape index (κ1) is 12.7. The third-order valence-corrected chi connectivity index (χ3v) is 4.89. The summed E-state index contributed by atoms with van der Waals surface area (Å²) in [7, 11) is 0. The molecule has 1 aliphatic carbocycles. The van der Waals surface area contributed by atoms with Crippen molar-refractivity contribution in [3.05, 3.63) is 84.5 Å². The minimum absolute atomic E-state index is 0.0945. The lowest BCUT2D eigenvalue weighted by Gasteiger charge is -2.25. The zero-order valence-electron chi connectivity index (χ0n) is 10.6. The van der Waals surface area contributed by atoms with E-state index in [1.54, 1.807) is 0 Å². The molecule has 0 N–H and O–H groups in total. The molecule has 94 valence electrons. The maximum Gasteiger partial charge on any atom is 0.0687 e. The van der Waals surface area contributed by atoms with Gasteiger partial charge < -0.3 is 0 Å². The van der Waals surface area contributed by atoms with Crippen LogP contribution in [0.4, 0.5) is 0 Å². The fraction of sp³-hybridized carbons (Fsp3) is 0.111. The van der Waals surface area contributed by atoms with Crippen LogP contribution in [0.1, 0.15) is 12.0 Å². The van der Waals surface area contributed by atoms with E-state index in [0.717, 1.165) is 6.42 Å². The predicted octanol–water partition coefficient (Wildman–Crippen LogP) is 5.50. The fourth-order valence-electron chi connectivity index (χ4n) is 2.40. The fourth-order valence-corrected chi connectivity index (χ4v) is 3.19. The van der Waals surface area contributed by atoms with E-state index >= 15 is 0 Å². The molecule has 0 bridgehead atoms. The largest absolute Gasteiger partial charge is 0.0826 e. The minimum atomic E-state index is 0.0945. The van der Waals surface area contributed by atoms with Gasteiger partial charge in [0.2, 0.25) is 0 Å². The van der Waals surface area contributed by atoms with Crippen molar-refractivity contribution in [2.45, 2.75) is 9.84 Å². The van der Waals surface area contributed by atoms with Crippen LogP contribution in [0.2, 0.25) is 0 Å². The van der Waals surface area contributed by atoms with E-state index in [1.165, 1.54) is 16.7 Å². The van der Waals surface area contributed by atoms with Crippen LogP contribution in [0, 0.1) is 0 Å². The summed E-state index contributed by atoms with van der Waals surface area (Å²) < 4.78 is 0.0945. The van der Waals surface area contributed by atoms with Gasteiger partial charge in [-0.25, -0.2) is 0 Å². The third-order valence-electron chi connectivity index (χ3n) is 3.47. The Morgan fingerprint density at radius 2 is 1.63 bits per heavy atom. The summed E-state index contributed by atoms with van der Waals surface area (Å²) in [5.74, 6) is 0. The zero-order chi connectivity index (χ0) is 13.1. The van der Waals surface area contributed by atoms with Crippen LogP contribution in [0.15, 0.2) is 78.9 Å². The molecule has 1 unspecified atom stereocenters. The first-order chi connectivity index (χ1) is 9.28. The SMILES string of the molecule is IC1(c2cccc(-c3ccccc3)c2)C=CC=CC1. The van der Waals surface area contributed by atoms with E-state index in [4.69, 9.17) is 0 Å². The molecule has 0 saturated heterocycles. The number of allylic oxidation sites excluding steroid dienone is 4. The van der Waals surface area contributed by atoms with Crippen LogP contribution in [0.3, 0.4) is 0 Å². The predicted molar refractivity (Wildman–Crippen MR) is 90.5 cm³/mol. The Hall–Kier alpha value is -1.35. The molecule has 0 radical (unpaired) electrons. The Morgan fingerprint density at radius 1 is 0.842 bits per heavy atom. The molecule has 0 heterocycles. The molecule has 0 nitrogen and oxygen atoms in total. The molecule has 0 fully saturated rings. The summed E-state index contributed by atoms with van der Waals surface area (Å²) >= 11 is 2.55. The van der Waals surface area contributed by atoms with Crippen LogP contribution >= 0.6 is 22.6 Å². The van der Waals surface area contributed by atoms with Crippen LogP contribution in [-0.4, -0.2) is 0 Å². The van der Waals surface area contributed by atoms with Gasteiger partial charge in [0.15, 0.2) is 0 Å². The van der Waals surface area contributed by atoms with Crippen molar-refractivity contribution in [2.24, 2.45) is 0 Å². The van der Waals surface area contributed by atoms with Crippen LogP contribution in [0.5, 0.6) is 0 Å². The molecule has 0 aliphatic heterocycles. The van der Waals surface area contributed by atoms with Gasteiger partial charge in [-0.3, -0.25) is 0 Å². The highest BCUT2D eigenvalue weighted by Crippen LogP contribution is 2.40. The number of alkyl halides is 1. The lowest BCUT2D eigenvalue weighted by Crippen LogP contribution is -2.15. The van der Waals surface area contributed by atoms with E-state index < -0.39 is 0 Å². The number of benzene rings is 2. The summed E-state index contributed by atoms with van der Waals surface area (Å²) in [6.07, 6.45) is 9.85. The summed E-state index contributed by atoms with van der Waals surface area (Å²) in [4.78, 5) is 0. The van der Waals surface area contributed by atoms with Crippen molar-refractivity contribution in [1.29, 1.82) is 0 Å². The van der Waals surface area contributed by atoms with Gasteiger partial charge >= 0.3 is 0 Å². The number of hydrogen-bond donors (Lipinski definition) is 0. The van der Waals surface area contributed by atoms with Crippen molar-refractivity contribution < 1.29 is 0 Å². The van der Waals surface area contributed by atoms with E-state index in [-0.39, 0.29) is 3.42 Å². The van der Waals surface area contributed by atoms with Gasteiger partial charge in [-0.05, 0) is 29.2 Å². The standard InChI is InChI=1S/C18H15I/c19-18(12-5-2-6-13-18)17-11-7-10-16(14-17)15-8-3-1-4-9-15/h1-12,14H,13H2. The molecule has 0 amide bonds. The summed E-state index contributed by atoms with van der Waals surface area (Å²) in [5, 5.41) is 0. The molecule has 1 aliphatic rings. The van der Waals surface area contributed by atoms with E-state index in [1.807, 2.05) is 0 Å². The van der Waals surface area contributed by atoms with Gasteiger partial charge in [0.1, 0.15) is 0 Å². The summed E-state index contributed by atoms with van der Waals surface area (Å²) in [6.45, 7) is 0. The normalized spacial score (nSPS) is 21.5. The molecule has 0 spiro atoms. The number of rotatable bonds is 2. The van der Waals surface area contributed by atoms with E-state index in [9.17, 15) is 0 Å². The van der Waals surface area contributed by atoms with Crippen LogP contribution in [-0.2, 0) is 3.42 Å². The van der Waals surface area contributed by atoms with Gasteiger partial charge in [-0.15, -0.1) is 0 Å². The summed E-state index contributed by atoms with van der Waals surface area (Å²) in [6, 6.07) is 19.4. The molecule has 19 heavy (non-hydrogen) atoms. The van der Waals surface area contributed by atoms with Gasteiger partial charge in [-0.2, -0.15) is 0 Å². The molecular formula is C18H15I. The first-order valence-corrected chi connectivity index (χ1v) is 7.55. The highest BCUT2D eigenvalue weighted by Gasteiger charge is 2.25. The zero-order valence-corrected chi connectivity index (χ0v) is 12.7. The minimum Gasteiger partial charge on any atom is -0.0826 e. The maximum absolute atomic E-state index is 2.55. The van der Waals surface area contributed by atoms with Crippen molar-refractivity contribution in [3.8, 4) is 11.1 Å².